The van der Waals surface area contributed by atoms with Crippen molar-refractivity contribution in [2.45, 2.75) is 13.8 Å². The van der Waals surface area contributed by atoms with Gasteiger partial charge in [0.25, 0.3) is 0 Å². The highest BCUT2D eigenvalue weighted by Crippen LogP contribution is 2.33. The van der Waals surface area contributed by atoms with Crippen LogP contribution in [-0.2, 0) is 0 Å². The van der Waals surface area contributed by atoms with Gasteiger partial charge in [0.05, 0.1) is 0 Å². The molecule has 0 unspecified atom stereocenters. The summed E-state index contributed by atoms with van der Waals surface area (Å²) in [4.78, 5) is 8.82. The monoisotopic (exact) mass is 267 g/mol. The van der Waals surface area contributed by atoms with Crippen molar-refractivity contribution in [1.29, 1.82) is 0 Å². The lowest BCUT2D eigenvalue weighted by molar-refractivity contribution is 0.628. The van der Waals surface area contributed by atoms with Gasteiger partial charge in [-0.3, -0.25) is 4.98 Å². The Labute approximate surface area is 116 Å². The number of allylic oxidation sites excluding steroid dienone is 1. The third-order valence-corrected chi connectivity index (χ3v) is 3.34. The van der Waals surface area contributed by atoms with Crippen LogP contribution in [0.3, 0.4) is 0 Å². The van der Waals surface area contributed by atoms with E-state index in [1.807, 2.05) is 18.4 Å². The van der Waals surface area contributed by atoms with Gasteiger partial charge < -0.3 is 4.57 Å². The zero-order chi connectivity index (χ0) is 14.3. The van der Waals surface area contributed by atoms with E-state index in [4.69, 9.17) is 0 Å². The van der Waals surface area contributed by atoms with Crippen molar-refractivity contribution < 1.29 is 4.39 Å². The number of hydrogen-bond acceptors (Lipinski definition) is 2. The summed E-state index contributed by atoms with van der Waals surface area (Å²) in [5, 5.41) is 0. The van der Waals surface area contributed by atoms with Crippen molar-refractivity contribution >= 4 is 16.9 Å². The summed E-state index contributed by atoms with van der Waals surface area (Å²) in [7, 11) is 0. The molecule has 3 rings (SSSR count). The Bertz CT molecular complexity index is 800. The molecule has 3 nitrogen and oxygen atoms in total. The SMILES string of the molecule is C=C(C)n1c(C)c(-c2ccc(F)cc2)c2nccnc21. The first-order valence-corrected chi connectivity index (χ1v) is 6.33. The highest BCUT2D eigenvalue weighted by molar-refractivity contribution is 5.94. The van der Waals surface area contributed by atoms with Gasteiger partial charge in [-0.2, -0.15) is 0 Å². The van der Waals surface area contributed by atoms with Gasteiger partial charge in [-0.15, -0.1) is 0 Å². The second-order valence-corrected chi connectivity index (χ2v) is 4.77. The average Bonchev–Trinajstić information content (AvgIpc) is 2.72. The molecule has 3 aromatic rings. The molecule has 2 heterocycles. The Morgan fingerprint density at radius 1 is 1.15 bits per heavy atom. The fraction of sp³-hybridized carbons (Fsp3) is 0.125. The fourth-order valence-electron chi connectivity index (χ4n) is 2.54. The zero-order valence-corrected chi connectivity index (χ0v) is 11.4. The molecule has 0 bridgehead atoms. The van der Waals surface area contributed by atoms with Crippen LogP contribution in [0.2, 0.25) is 0 Å². The second-order valence-electron chi connectivity index (χ2n) is 4.77. The predicted octanol–water partition coefficient (Wildman–Crippen LogP) is 4.04. The van der Waals surface area contributed by atoms with Crippen LogP contribution < -0.4 is 0 Å². The molecule has 1 aromatic carbocycles. The van der Waals surface area contributed by atoms with E-state index < -0.39 is 0 Å². The molecule has 4 heteroatoms. The van der Waals surface area contributed by atoms with E-state index in [9.17, 15) is 4.39 Å². The Kier molecular flexibility index (Phi) is 2.86. The zero-order valence-electron chi connectivity index (χ0n) is 11.4. The number of hydrogen-bond donors (Lipinski definition) is 0. The average molecular weight is 267 g/mol. The summed E-state index contributed by atoms with van der Waals surface area (Å²) >= 11 is 0. The van der Waals surface area contributed by atoms with Crippen LogP contribution in [0.25, 0.3) is 28.0 Å². The normalized spacial score (nSPS) is 10.9. The first kappa shape index (κ1) is 12.5. The maximum atomic E-state index is 13.1. The smallest absolute Gasteiger partial charge is 0.163 e. The molecular weight excluding hydrogens is 253 g/mol. The number of benzene rings is 1. The molecule has 0 N–H and O–H groups in total. The Morgan fingerprint density at radius 2 is 1.80 bits per heavy atom. The van der Waals surface area contributed by atoms with Gasteiger partial charge in [-0.1, -0.05) is 18.7 Å². The Morgan fingerprint density at radius 3 is 2.45 bits per heavy atom. The molecule has 0 amide bonds. The molecule has 0 saturated carbocycles. The maximum Gasteiger partial charge on any atom is 0.163 e. The molecule has 0 aliphatic heterocycles. The first-order valence-electron chi connectivity index (χ1n) is 6.33. The number of fused-ring (bicyclic) bond motifs is 1. The van der Waals surface area contributed by atoms with Crippen molar-refractivity contribution in [2.24, 2.45) is 0 Å². The largest absolute Gasteiger partial charge is 0.301 e. The summed E-state index contributed by atoms with van der Waals surface area (Å²) in [6.07, 6.45) is 3.33. The molecule has 0 aliphatic rings. The van der Waals surface area contributed by atoms with E-state index in [1.165, 1.54) is 12.1 Å². The highest BCUT2D eigenvalue weighted by Gasteiger charge is 2.17. The molecule has 20 heavy (non-hydrogen) atoms. The second kappa shape index (κ2) is 4.56. The number of rotatable bonds is 2. The third-order valence-electron chi connectivity index (χ3n) is 3.34. The van der Waals surface area contributed by atoms with Gasteiger partial charge in [0.1, 0.15) is 11.3 Å². The van der Waals surface area contributed by atoms with E-state index in [0.29, 0.717) is 0 Å². The summed E-state index contributed by atoms with van der Waals surface area (Å²) in [6.45, 7) is 7.92. The van der Waals surface area contributed by atoms with Gasteiger partial charge in [-0.25, -0.2) is 9.37 Å². The van der Waals surface area contributed by atoms with Crippen molar-refractivity contribution in [2.75, 3.05) is 0 Å². The molecule has 0 fully saturated rings. The van der Waals surface area contributed by atoms with Crippen LogP contribution in [0.4, 0.5) is 4.39 Å². The molecule has 100 valence electrons. The minimum absolute atomic E-state index is 0.249. The first-order chi connectivity index (χ1) is 9.59. The van der Waals surface area contributed by atoms with E-state index >= 15 is 0 Å². The van der Waals surface area contributed by atoms with Crippen LogP contribution in [-0.4, -0.2) is 14.5 Å². The summed E-state index contributed by atoms with van der Waals surface area (Å²) in [5.74, 6) is -0.249. The van der Waals surface area contributed by atoms with E-state index in [-0.39, 0.29) is 5.82 Å². The van der Waals surface area contributed by atoms with E-state index in [0.717, 1.165) is 33.7 Å². The Balaban J connectivity index is 2.38. The van der Waals surface area contributed by atoms with Crippen molar-refractivity contribution in [3.05, 3.63) is 54.7 Å². The third kappa shape index (κ3) is 1.81. The van der Waals surface area contributed by atoms with E-state index in [2.05, 4.69) is 16.5 Å². The molecule has 0 aliphatic carbocycles. The van der Waals surface area contributed by atoms with Gasteiger partial charge in [0, 0.05) is 29.3 Å². The lowest BCUT2D eigenvalue weighted by Crippen LogP contribution is -1.96. The summed E-state index contributed by atoms with van der Waals surface area (Å²) in [5.41, 5.74) is 5.36. The minimum Gasteiger partial charge on any atom is -0.301 e. The van der Waals surface area contributed by atoms with Crippen LogP contribution in [0.15, 0.2) is 43.2 Å². The van der Waals surface area contributed by atoms with Crippen LogP contribution in [0.5, 0.6) is 0 Å². The van der Waals surface area contributed by atoms with Crippen molar-refractivity contribution in [3.8, 4) is 11.1 Å². The van der Waals surface area contributed by atoms with Crippen LogP contribution >= 0.6 is 0 Å². The van der Waals surface area contributed by atoms with E-state index in [1.54, 1.807) is 24.5 Å². The van der Waals surface area contributed by atoms with Gasteiger partial charge in [0.2, 0.25) is 0 Å². The highest BCUT2D eigenvalue weighted by atomic mass is 19.1. The predicted molar refractivity (Wildman–Crippen MR) is 78.7 cm³/mol. The number of nitrogens with zero attached hydrogens (tertiary/aromatic N) is 3. The van der Waals surface area contributed by atoms with Crippen molar-refractivity contribution in [1.82, 2.24) is 14.5 Å². The lowest BCUT2D eigenvalue weighted by atomic mass is 10.1. The molecule has 2 aromatic heterocycles. The lowest BCUT2D eigenvalue weighted by Gasteiger charge is -2.06. The summed E-state index contributed by atoms with van der Waals surface area (Å²) in [6, 6.07) is 6.42. The molecule has 0 spiro atoms. The minimum atomic E-state index is -0.249. The molecular formula is C16H14FN3. The molecule has 0 saturated heterocycles. The fourth-order valence-corrected chi connectivity index (χ4v) is 2.54. The van der Waals surface area contributed by atoms with Crippen molar-refractivity contribution in [3.63, 3.8) is 0 Å². The maximum absolute atomic E-state index is 13.1. The molecule has 0 atom stereocenters. The Hall–Kier alpha value is -2.49. The van der Waals surface area contributed by atoms with Gasteiger partial charge >= 0.3 is 0 Å². The topological polar surface area (TPSA) is 30.7 Å². The standard InChI is InChI=1S/C16H14FN3/c1-10(2)20-11(3)14(12-4-6-13(17)7-5-12)15-16(20)19-9-8-18-15/h4-9H,1H2,2-3H3. The molecule has 0 radical (unpaired) electrons. The van der Waals surface area contributed by atoms with Crippen LogP contribution in [0.1, 0.15) is 12.6 Å². The van der Waals surface area contributed by atoms with Gasteiger partial charge in [0.15, 0.2) is 5.65 Å². The number of halogens is 1. The number of aromatic nitrogens is 3. The van der Waals surface area contributed by atoms with Gasteiger partial charge in [-0.05, 0) is 31.5 Å². The quantitative estimate of drug-likeness (QED) is 0.701. The van der Waals surface area contributed by atoms with Crippen LogP contribution in [0, 0.1) is 12.7 Å². The summed E-state index contributed by atoms with van der Waals surface area (Å²) < 4.78 is 15.1.